The first-order valence-electron chi connectivity index (χ1n) is 9.91. The van der Waals surface area contributed by atoms with Crippen LogP contribution >= 0.6 is 0 Å². The van der Waals surface area contributed by atoms with Gasteiger partial charge in [-0.3, -0.25) is 14.3 Å². The highest BCUT2D eigenvalue weighted by atomic mass is 32.2. The van der Waals surface area contributed by atoms with Crippen LogP contribution in [0.25, 0.3) is 6.08 Å². The minimum absolute atomic E-state index is 0.223. The lowest BCUT2D eigenvalue weighted by atomic mass is 9.99. The standard InChI is InChI=1S/C22H22F3N3O4S/c1-33(31,32)27-19-8-5-17-14-28(11-10-16(17)12-19)21(30)13-26-20(29)9-4-15-2-6-18(7-3-15)22(23,24)25/h2-9,12,27H,10-11,13-14H2,1H3,(H,26,29)/b9-4+. The molecule has 0 unspecified atom stereocenters. The molecule has 0 atom stereocenters. The van der Waals surface area contributed by atoms with E-state index in [0.29, 0.717) is 30.8 Å². The number of carbonyl (C=O) groups is 2. The lowest BCUT2D eigenvalue weighted by Crippen LogP contribution is -2.42. The maximum absolute atomic E-state index is 12.6. The summed E-state index contributed by atoms with van der Waals surface area (Å²) in [6.07, 6.45) is -0.302. The number of amides is 2. The van der Waals surface area contributed by atoms with Gasteiger partial charge in [0.05, 0.1) is 18.4 Å². The zero-order valence-corrected chi connectivity index (χ0v) is 18.5. The molecule has 1 aliphatic heterocycles. The maximum Gasteiger partial charge on any atom is 0.416 e. The highest BCUT2D eigenvalue weighted by Crippen LogP contribution is 2.29. The van der Waals surface area contributed by atoms with Crippen molar-refractivity contribution >= 4 is 33.6 Å². The van der Waals surface area contributed by atoms with Gasteiger partial charge in [0.2, 0.25) is 21.8 Å². The number of hydrogen-bond donors (Lipinski definition) is 2. The highest BCUT2D eigenvalue weighted by molar-refractivity contribution is 7.92. The van der Waals surface area contributed by atoms with E-state index in [1.807, 2.05) is 0 Å². The first-order valence-corrected chi connectivity index (χ1v) is 11.8. The van der Waals surface area contributed by atoms with Crippen LogP contribution in [0.4, 0.5) is 18.9 Å². The van der Waals surface area contributed by atoms with Crippen molar-refractivity contribution in [1.29, 1.82) is 0 Å². The van der Waals surface area contributed by atoms with Gasteiger partial charge in [0.1, 0.15) is 0 Å². The van der Waals surface area contributed by atoms with Crippen LogP contribution in [0.2, 0.25) is 0 Å². The van der Waals surface area contributed by atoms with Gasteiger partial charge in [-0.15, -0.1) is 0 Å². The van der Waals surface area contributed by atoms with Gasteiger partial charge in [-0.25, -0.2) is 8.42 Å². The van der Waals surface area contributed by atoms with Crippen molar-refractivity contribution < 1.29 is 31.2 Å². The molecule has 2 aromatic rings. The van der Waals surface area contributed by atoms with Crippen molar-refractivity contribution in [3.63, 3.8) is 0 Å². The molecule has 2 aromatic carbocycles. The normalized spacial score (nSPS) is 14.1. The summed E-state index contributed by atoms with van der Waals surface area (Å²) in [6, 6.07) is 9.48. The molecular weight excluding hydrogens is 459 g/mol. The van der Waals surface area contributed by atoms with Gasteiger partial charge in [0, 0.05) is 24.9 Å². The van der Waals surface area contributed by atoms with Gasteiger partial charge >= 0.3 is 6.18 Å². The van der Waals surface area contributed by atoms with Crippen LogP contribution in [0.15, 0.2) is 48.5 Å². The third-order valence-corrected chi connectivity index (χ3v) is 5.56. The van der Waals surface area contributed by atoms with Crippen molar-refractivity contribution in [1.82, 2.24) is 10.2 Å². The van der Waals surface area contributed by atoms with Crippen LogP contribution in [0.1, 0.15) is 22.3 Å². The van der Waals surface area contributed by atoms with Crippen molar-refractivity contribution in [3.05, 3.63) is 70.8 Å². The van der Waals surface area contributed by atoms with E-state index >= 15 is 0 Å². The molecule has 3 rings (SSSR count). The van der Waals surface area contributed by atoms with Gasteiger partial charge in [-0.2, -0.15) is 13.2 Å². The van der Waals surface area contributed by atoms with Crippen LogP contribution in [-0.4, -0.2) is 44.5 Å². The van der Waals surface area contributed by atoms with E-state index in [2.05, 4.69) is 10.0 Å². The average Bonchev–Trinajstić information content (AvgIpc) is 2.74. The molecular formula is C22H22F3N3O4S. The fourth-order valence-electron chi connectivity index (χ4n) is 3.33. The van der Waals surface area contributed by atoms with Crippen molar-refractivity contribution in [2.24, 2.45) is 0 Å². The molecule has 11 heteroatoms. The number of alkyl halides is 3. The first kappa shape index (κ1) is 24.3. The summed E-state index contributed by atoms with van der Waals surface area (Å²) in [5, 5.41) is 2.47. The molecule has 0 saturated carbocycles. The minimum atomic E-state index is -4.43. The zero-order valence-electron chi connectivity index (χ0n) is 17.6. The van der Waals surface area contributed by atoms with Gasteiger partial charge in [-0.1, -0.05) is 18.2 Å². The number of halogens is 3. The summed E-state index contributed by atoms with van der Waals surface area (Å²) >= 11 is 0. The lowest BCUT2D eigenvalue weighted by molar-refractivity contribution is -0.137. The molecule has 0 aliphatic carbocycles. The summed E-state index contributed by atoms with van der Waals surface area (Å²) < 4.78 is 62.9. The number of hydrogen-bond acceptors (Lipinski definition) is 4. The highest BCUT2D eigenvalue weighted by Gasteiger charge is 2.29. The summed E-state index contributed by atoms with van der Waals surface area (Å²) in [4.78, 5) is 26.0. The summed E-state index contributed by atoms with van der Waals surface area (Å²) in [5.41, 5.74) is 1.93. The van der Waals surface area contributed by atoms with Gasteiger partial charge < -0.3 is 10.2 Å². The number of benzene rings is 2. The third-order valence-electron chi connectivity index (χ3n) is 4.95. The number of nitrogens with zero attached hydrogens (tertiary/aromatic N) is 1. The largest absolute Gasteiger partial charge is 0.416 e. The number of anilines is 1. The predicted octanol–water partition coefficient (Wildman–Crippen LogP) is 2.79. The number of rotatable bonds is 6. The molecule has 0 bridgehead atoms. The SMILES string of the molecule is CS(=O)(=O)Nc1ccc2c(c1)CCN(C(=O)CNC(=O)/C=C/c1ccc(C(F)(F)F)cc1)C2. The molecule has 0 radical (unpaired) electrons. The molecule has 0 fully saturated rings. The lowest BCUT2D eigenvalue weighted by Gasteiger charge is -2.29. The molecule has 2 N–H and O–H groups in total. The second-order valence-electron chi connectivity index (χ2n) is 7.59. The smallest absolute Gasteiger partial charge is 0.343 e. The summed E-state index contributed by atoms with van der Waals surface area (Å²) in [6.45, 7) is 0.537. The Morgan fingerprint density at radius 1 is 1.09 bits per heavy atom. The van der Waals surface area contributed by atoms with Gasteiger partial charge in [0.25, 0.3) is 0 Å². The summed E-state index contributed by atoms with van der Waals surface area (Å²) in [5.74, 6) is -0.826. The Morgan fingerprint density at radius 3 is 2.42 bits per heavy atom. The number of fused-ring (bicyclic) bond motifs is 1. The topological polar surface area (TPSA) is 95.6 Å². The Hall–Kier alpha value is -3.34. The van der Waals surface area contributed by atoms with Crippen LogP contribution in [0, 0.1) is 0 Å². The van der Waals surface area contributed by atoms with Crippen LogP contribution in [0.3, 0.4) is 0 Å². The van der Waals surface area contributed by atoms with Crippen LogP contribution < -0.4 is 10.0 Å². The Labute approximate surface area is 189 Å². The second kappa shape index (κ2) is 9.65. The minimum Gasteiger partial charge on any atom is -0.343 e. The van der Waals surface area contributed by atoms with Gasteiger partial charge in [-0.05, 0) is 53.5 Å². The first-order chi connectivity index (χ1) is 15.4. The second-order valence-corrected chi connectivity index (χ2v) is 9.34. The zero-order chi connectivity index (χ0) is 24.2. The maximum atomic E-state index is 12.6. The summed E-state index contributed by atoms with van der Waals surface area (Å²) in [7, 11) is -3.38. The Kier molecular flexibility index (Phi) is 7.11. The monoisotopic (exact) mass is 481 g/mol. The Balaban J connectivity index is 1.51. The van der Waals surface area contributed by atoms with Gasteiger partial charge in [0.15, 0.2) is 0 Å². The molecule has 176 valence electrons. The fraction of sp³-hybridized carbons (Fsp3) is 0.273. The van der Waals surface area contributed by atoms with E-state index in [9.17, 15) is 31.2 Å². The van der Waals surface area contributed by atoms with E-state index in [0.717, 1.165) is 35.6 Å². The van der Waals surface area contributed by atoms with Crippen LogP contribution in [-0.2, 0) is 38.8 Å². The number of nitrogens with one attached hydrogen (secondary N) is 2. The van der Waals surface area contributed by atoms with Crippen molar-refractivity contribution in [2.75, 3.05) is 24.1 Å². The molecule has 33 heavy (non-hydrogen) atoms. The molecule has 1 heterocycles. The Morgan fingerprint density at radius 2 is 1.79 bits per heavy atom. The van der Waals surface area contributed by atoms with E-state index in [-0.39, 0.29) is 12.5 Å². The van der Waals surface area contributed by atoms with E-state index in [4.69, 9.17) is 0 Å². The molecule has 0 spiro atoms. The van der Waals surface area contributed by atoms with E-state index in [1.54, 1.807) is 23.1 Å². The van der Waals surface area contributed by atoms with Crippen molar-refractivity contribution in [2.45, 2.75) is 19.1 Å². The van der Waals surface area contributed by atoms with Crippen LogP contribution in [0.5, 0.6) is 0 Å². The predicted molar refractivity (Wildman–Crippen MR) is 118 cm³/mol. The third kappa shape index (κ3) is 7.07. The Bertz CT molecular complexity index is 1180. The number of sulfonamides is 1. The molecule has 7 nitrogen and oxygen atoms in total. The van der Waals surface area contributed by atoms with Crippen molar-refractivity contribution in [3.8, 4) is 0 Å². The molecule has 0 aromatic heterocycles. The van der Waals surface area contributed by atoms with E-state index in [1.165, 1.54) is 18.2 Å². The average molecular weight is 481 g/mol. The fourth-order valence-corrected chi connectivity index (χ4v) is 3.89. The van der Waals surface area contributed by atoms with E-state index < -0.39 is 27.7 Å². The molecule has 2 amide bonds. The molecule has 1 aliphatic rings. The molecule has 0 saturated heterocycles. The quantitative estimate of drug-likeness (QED) is 0.621. The number of carbonyl (C=O) groups excluding carboxylic acids is 2.